The van der Waals surface area contributed by atoms with E-state index in [1.54, 1.807) is 6.20 Å². The van der Waals surface area contributed by atoms with Gasteiger partial charge in [0.15, 0.2) is 11.4 Å². The fourth-order valence-electron chi connectivity index (χ4n) is 3.23. The lowest BCUT2D eigenvalue weighted by Gasteiger charge is -2.27. The molecule has 1 aliphatic heterocycles. The van der Waals surface area contributed by atoms with Crippen LogP contribution in [-0.4, -0.2) is 21.6 Å². The number of imide groups is 1. The molecule has 8 heteroatoms. The molecule has 2 aromatic carbocycles. The molecule has 0 aliphatic carbocycles. The molecule has 2 heterocycles. The van der Waals surface area contributed by atoms with Gasteiger partial charge in [-0.05, 0) is 35.9 Å². The third-order valence-electron chi connectivity index (χ3n) is 4.51. The second kappa shape index (κ2) is 5.55. The number of fused-ring (bicyclic) bond motifs is 1. The summed E-state index contributed by atoms with van der Waals surface area (Å²) < 4.78 is 28.1. The van der Waals surface area contributed by atoms with E-state index in [0.717, 1.165) is 0 Å². The quantitative estimate of drug-likeness (QED) is 0.629. The molecular formula is C18H13F2N3O3. The Morgan fingerprint density at radius 3 is 2.38 bits per heavy atom. The van der Waals surface area contributed by atoms with Crippen LogP contribution in [0.15, 0.2) is 48.7 Å². The van der Waals surface area contributed by atoms with Gasteiger partial charge in [-0.25, -0.2) is 13.6 Å². The number of benzene rings is 2. The molecule has 1 aliphatic rings. The van der Waals surface area contributed by atoms with Gasteiger partial charge in [0.1, 0.15) is 11.6 Å². The molecule has 6 nitrogen and oxygen atoms in total. The average Bonchev–Trinajstić information content (AvgIpc) is 3.06. The normalized spacial score (nSPS) is 19.6. The first-order chi connectivity index (χ1) is 12.4. The Hall–Kier alpha value is -3.42. The van der Waals surface area contributed by atoms with E-state index < -0.39 is 29.1 Å². The van der Waals surface area contributed by atoms with E-state index in [0.29, 0.717) is 10.9 Å². The fraction of sp³-hybridized carbons (Fsp3) is 0.111. The van der Waals surface area contributed by atoms with E-state index in [9.17, 15) is 23.5 Å². The molecule has 3 N–H and O–H groups in total. The maximum Gasteiger partial charge on any atom is 0.322 e. The van der Waals surface area contributed by atoms with Gasteiger partial charge < -0.3 is 15.0 Å². The van der Waals surface area contributed by atoms with E-state index in [2.05, 4.69) is 10.6 Å². The van der Waals surface area contributed by atoms with E-state index in [-0.39, 0.29) is 17.8 Å². The standard InChI is InChI=1S/C18H13F2N3O3/c19-12-5-2-11(3-6-12)18(16(25)21-17(26)22-18)9-23-8-10-1-4-13(20)7-14(10)15(23)24/h1-8,24H,9H2,(H2,21,22,25,26). The zero-order valence-corrected chi connectivity index (χ0v) is 13.3. The SMILES string of the molecule is O=C1NC(=O)C(Cn2cc3ccc(F)cc3c2O)(c2ccc(F)cc2)N1. The minimum absolute atomic E-state index is 0.154. The van der Waals surface area contributed by atoms with Crippen molar-refractivity contribution in [1.29, 1.82) is 0 Å². The second-order valence-corrected chi connectivity index (χ2v) is 6.13. The largest absolute Gasteiger partial charge is 0.494 e. The zero-order valence-electron chi connectivity index (χ0n) is 13.3. The van der Waals surface area contributed by atoms with E-state index in [4.69, 9.17) is 0 Å². The van der Waals surface area contributed by atoms with Gasteiger partial charge in [-0.1, -0.05) is 12.1 Å². The number of rotatable bonds is 3. The van der Waals surface area contributed by atoms with Crippen molar-refractivity contribution in [3.8, 4) is 5.88 Å². The first-order valence-electron chi connectivity index (χ1n) is 7.76. The molecule has 1 saturated heterocycles. The molecule has 0 bridgehead atoms. The Kier molecular flexibility index (Phi) is 3.43. The van der Waals surface area contributed by atoms with Crippen molar-refractivity contribution in [1.82, 2.24) is 15.2 Å². The summed E-state index contributed by atoms with van der Waals surface area (Å²) in [5.74, 6) is -1.86. The first kappa shape index (κ1) is 16.1. The minimum atomic E-state index is -1.53. The lowest BCUT2D eigenvalue weighted by atomic mass is 9.89. The topological polar surface area (TPSA) is 83.4 Å². The van der Waals surface area contributed by atoms with Crippen LogP contribution < -0.4 is 10.6 Å². The number of aromatic hydroxyl groups is 1. The summed E-state index contributed by atoms with van der Waals surface area (Å²) in [7, 11) is 0. The van der Waals surface area contributed by atoms with Crippen molar-refractivity contribution in [2.24, 2.45) is 0 Å². The molecule has 4 rings (SSSR count). The van der Waals surface area contributed by atoms with Crippen molar-refractivity contribution in [2.75, 3.05) is 0 Å². The number of nitrogens with one attached hydrogen (secondary N) is 2. The van der Waals surface area contributed by atoms with Gasteiger partial charge in [-0.3, -0.25) is 10.1 Å². The maximum absolute atomic E-state index is 13.4. The average molecular weight is 357 g/mol. The number of hydrogen-bond donors (Lipinski definition) is 3. The molecule has 132 valence electrons. The third kappa shape index (κ3) is 2.38. The number of carbonyl (C=O) groups excluding carboxylic acids is 2. The monoisotopic (exact) mass is 357 g/mol. The highest BCUT2D eigenvalue weighted by molar-refractivity contribution is 6.07. The highest BCUT2D eigenvalue weighted by Crippen LogP contribution is 2.33. The van der Waals surface area contributed by atoms with Gasteiger partial charge in [-0.15, -0.1) is 0 Å². The summed E-state index contributed by atoms with van der Waals surface area (Å²) in [6.45, 7) is -0.154. The highest BCUT2D eigenvalue weighted by Gasteiger charge is 2.48. The van der Waals surface area contributed by atoms with Crippen LogP contribution >= 0.6 is 0 Å². The van der Waals surface area contributed by atoms with Crippen LogP contribution in [0.3, 0.4) is 0 Å². The zero-order chi connectivity index (χ0) is 18.5. The molecule has 1 atom stereocenters. The van der Waals surface area contributed by atoms with Gasteiger partial charge in [0.05, 0.1) is 6.54 Å². The number of amides is 3. The van der Waals surface area contributed by atoms with Gasteiger partial charge in [-0.2, -0.15) is 0 Å². The van der Waals surface area contributed by atoms with Gasteiger partial charge in [0, 0.05) is 17.0 Å². The Bertz CT molecular complexity index is 1050. The Morgan fingerprint density at radius 1 is 1.04 bits per heavy atom. The lowest BCUT2D eigenvalue weighted by molar-refractivity contribution is -0.124. The van der Waals surface area contributed by atoms with Crippen LogP contribution in [-0.2, 0) is 16.9 Å². The van der Waals surface area contributed by atoms with Crippen molar-refractivity contribution < 1.29 is 23.5 Å². The second-order valence-electron chi connectivity index (χ2n) is 6.13. The van der Waals surface area contributed by atoms with Crippen molar-refractivity contribution in [2.45, 2.75) is 12.1 Å². The van der Waals surface area contributed by atoms with Crippen LogP contribution in [0.1, 0.15) is 5.56 Å². The van der Waals surface area contributed by atoms with Crippen LogP contribution in [0.4, 0.5) is 13.6 Å². The predicted molar refractivity (Wildman–Crippen MR) is 88.3 cm³/mol. The molecule has 3 amide bonds. The number of aromatic nitrogens is 1. The summed E-state index contributed by atoms with van der Waals surface area (Å²) in [6, 6.07) is 8.37. The van der Waals surface area contributed by atoms with Crippen molar-refractivity contribution in [3.63, 3.8) is 0 Å². The maximum atomic E-state index is 13.4. The fourth-order valence-corrected chi connectivity index (χ4v) is 3.23. The highest BCUT2D eigenvalue weighted by atomic mass is 19.1. The summed E-state index contributed by atoms with van der Waals surface area (Å²) in [5.41, 5.74) is -1.18. The molecule has 1 aromatic heterocycles. The van der Waals surface area contributed by atoms with Crippen molar-refractivity contribution >= 4 is 22.7 Å². The molecule has 0 spiro atoms. The van der Waals surface area contributed by atoms with Gasteiger partial charge in [0.25, 0.3) is 5.91 Å². The van der Waals surface area contributed by atoms with Crippen LogP contribution in [0.5, 0.6) is 5.88 Å². The molecule has 3 aromatic rings. The summed E-state index contributed by atoms with van der Waals surface area (Å²) in [5, 5.41) is 16.0. The van der Waals surface area contributed by atoms with Crippen molar-refractivity contribution in [3.05, 3.63) is 65.9 Å². The van der Waals surface area contributed by atoms with Gasteiger partial charge >= 0.3 is 6.03 Å². The number of hydrogen-bond acceptors (Lipinski definition) is 3. The lowest BCUT2D eigenvalue weighted by Crippen LogP contribution is -2.47. The van der Waals surface area contributed by atoms with E-state index in [1.165, 1.54) is 47.0 Å². The minimum Gasteiger partial charge on any atom is -0.494 e. The molecule has 0 radical (unpaired) electrons. The summed E-state index contributed by atoms with van der Waals surface area (Å²) >= 11 is 0. The molecular weight excluding hydrogens is 344 g/mol. The Morgan fingerprint density at radius 2 is 1.73 bits per heavy atom. The molecule has 1 unspecified atom stereocenters. The Labute approximate surface area is 146 Å². The van der Waals surface area contributed by atoms with E-state index in [1.807, 2.05) is 0 Å². The summed E-state index contributed by atoms with van der Waals surface area (Å²) in [6.07, 6.45) is 1.55. The molecule has 1 fully saturated rings. The smallest absolute Gasteiger partial charge is 0.322 e. The predicted octanol–water partition coefficient (Wildman–Crippen LogP) is 2.36. The first-order valence-corrected chi connectivity index (χ1v) is 7.76. The summed E-state index contributed by atoms with van der Waals surface area (Å²) in [4.78, 5) is 24.3. The number of urea groups is 1. The number of halogens is 2. The third-order valence-corrected chi connectivity index (χ3v) is 4.51. The number of nitrogens with zero attached hydrogens (tertiary/aromatic N) is 1. The Balaban J connectivity index is 1.84. The van der Waals surface area contributed by atoms with Crippen LogP contribution in [0, 0.1) is 11.6 Å². The van der Waals surface area contributed by atoms with Gasteiger partial charge in [0.2, 0.25) is 0 Å². The molecule has 26 heavy (non-hydrogen) atoms. The number of carbonyl (C=O) groups is 2. The van der Waals surface area contributed by atoms with Crippen LogP contribution in [0.25, 0.3) is 10.8 Å². The molecule has 0 saturated carbocycles. The van der Waals surface area contributed by atoms with E-state index >= 15 is 0 Å². The van der Waals surface area contributed by atoms with Crippen LogP contribution in [0.2, 0.25) is 0 Å².